The predicted molar refractivity (Wildman–Crippen MR) is 125 cm³/mol. The monoisotopic (exact) mass is 518 g/mol. The Kier molecular flexibility index (Phi) is 9.51. The Morgan fingerprint density at radius 1 is 1.18 bits per heavy atom. The third-order valence-corrected chi connectivity index (χ3v) is 6.32. The van der Waals surface area contributed by atoms with E-state index in [4.69, 9.17) is 10.5 Å². The van der Waals surface area contributed by atoms with Gasteiger partial charge in [-0.1, -0.05) is 30.3 Å². The van der Waals surface area contributed by atoms with E-state index in [1.165, 1.54) is 23.2 Å². The van der Waals surface area contributed by atoms with Crippen LogP contribution in [0.3, 0.4) is 0 Å². The summed E-state index contributed by atoms with van der Waals surface area (Å²) in [4.78, 5) is 3.82. The van der Waals surface area contributed by atoms with Crippen LogP contribution in [0.2, 0.25) is 0 Å². The lowest BCUT2D eigenvalue weighted by atomic mass is 9.91. The molecule has 3 aromatic rings. The lowest BCUT2D eigenvalue weighted by molar-refractivity contribution is -0.137. The summed E-state index contributed by atoms with van der Waals surface area (Å²) in [6.07, 6.45) is -1.28. The third kappa shape index (κ3) is 7.45. The van der Waals surface area contributed by atoms with Crippen LogP contribution < -0.4 is 15.2 Å². The average molecular weight is 519 g/mol. The van der Waals surface area contributed by atoms with Gasteiger partial charge in [0, 0.05) is 25.7 Å². The van der Waals surface area contributed by atoms with E-state index in [9.17, 15) is 21.6 Å². The number of sulfonamides is 1. The molecule has 2 aromatic carbocycles. The Balaban J connectivity index is 0.00000408. The number of rotatable bonds is 10. The van der Waals surface area contributed by atoms with Crippen molar-refractivity contribution in [3.05, 3.63) is 77.7 Å². The van der Waals surface area contributed by atoms with Crippen molar-refractivity contribution in [1.29, 1.82) is 0 Å². The molecular weight excluding hydrogens is 493 g/mol. The fourth-order valence-corrected chi connectivity index (χ4v) is 4.29. The molecule has 0 aliphatic carbocycles. The first-order chi connectivity index (χ1) is 15.6. The van der Waals surface area contributed by atoms with Crippen LogP contribution in [0.4, 0.5) is 13.2 Å². The normalized spacial score (nSPS) is 12.7. The van der Waals surface area contributed by atoms with E-state index in [0.717, 1.165) is 17.7 Å². The summed E-state index contributed by atoms with van der Waals surface area (Å²) < 4.78 is 72.9. The zero-order valence-electron chi connectivity index (χ0n) is 18.3. The molecule has 0 fully saturated rings. The summed E-state index contributed by atoms with van der Waals surface area (Å²) >= 11 is 0. The Bertz CT molecular complexity index is 1190. The van der Waals surface area contributed by atoms with Gasteiger partial charge in [0.25, 0.3) is 10.0 Å². The average Bonchev–Trinajstić information content (AvgIpc) is 3.22. The molecule has 0 aliphatic heterocycles. The van der Waals surface area contributed by atoms with Crippen molar-refractivity contribution in [1.82, 2.24) is 14.3 Å². The van der Waals surface area contributed by atoms with Gasteiger partial charge >= 0.3 is 6.18 Å². The number of ether oxygens (including phenoxy) is 1. The highest BCUT2D eigenvalue weighted by molar-refractivity contribution is 7.89. The number of alkyl halides is 3. The summed E-state index contributed by atoms with van der Waals surface area (Å²) in [5.74, 6) is 0.298. The Hall–Kier alpha value is -2.60. The molecule has 0 saturated carbocycles. The number of benzene rings is 2. The quantitative estimate of drug-likeness (QED) is 0.400. The molecule has 34 heavy (non-hydrogen) atoms. The fraction of sp³-hybridized carbons (Fsp3) is 0.318. The molecule has 7 nitrogen and oxygen atoms in total. The molecule has 1 atom stereocenters. The van der Waals surface area contributed by atoms with Gasteiger partial charge in [0.15, 0.2) is 5.03 Å². The largest absolute Gasteiger partial charge is 0.492 e. The van der Waals surface area contributed by atoms with Crippen LogP contribution in [-0.4, -0.2) is 37.7 Å². The van der Waals surface area contributed by atoms with E-state index in [-0.39, 0.29) is 43.0 Å². The minimum Gasteiger partial charge on any atom is -0.492 e. The SMILES string of the molecule is Cl.Cn1cnc(S(=O)(=O)NCCOc2cccc(C(CN)Cc3cccc(C(F)(F)F)c3)c2)c1. The van der Waals surface area contributed by atoms with Crippen molar-refractivity contribution in [3.63, 3.8) is 0 Å². The van der Waals surface area contributed by atoms with Crippen LogP contribution in [-0.2, 0) is 29.7 Å². The second-order valence-electron chi connectivity index (χ2n) is 7.53. The van der Waals surface area contributed by atoms with E-state index in [1.54, 1.807) is 31.3 Å². The smallest absolute Gasteiger partial charge is 0.416 e. The zero-order chi connectivity index (χ0) is 24.1. The second kappa shape index (κ2) is 11.7. The van der Waals surface area contributed by atoms with Gasteiger partial charge in [-0.3, -0.25) is 0 Å². The molecule has 0 aliphatic rings. The van der Waals surface area contributed by atoms with Crippen LogP contribution in [0.5, 0.6) is 5.75 Å². The first-order valence-electron chi connectivity index (χ1n) is 10.1. The molecule has 0 bridgehead atoms. The number of hydrogen-bond donors (Lipinski definition) is 2. The lowest BCUT2D eigenvalue weighted by Gasteiger charge is -2.17. The van der Waals surface area contributed by atoms with Crippen LogP contribution in [0.15, 0.2) is 66.1 Å². The van der Waals surface area contributed by atoms with Crippen LogP contribution in [0.25, 0.3) is 0 Å². The molecule has 186 valence electrons. The molecule has 0 spiro atoms. The van der Waals surface area contributed by atoms with E-state index < -0.39 is 21.8 Å². The minimum absolute atomic E-state index is 0. The van der Waals surface area contributed by atoms with Gasteiger partial charge in [0.05, 0.1) is 11.9 Å². The summed E-state index contributed by atoms with van der Waals surface area (Å²) in [5.41, 5.74) is 6.57. The maximum absolute atomic E-state index is 13.0. The maximum atomic E-state index is 13.0. The van der Waals surface area contributed by atoms with E-state index in [2.05, 4.69) is 9.71 Å². The van der Waals surface area contributed by atoms with E-state index >= 15 is 0 Å². The van der Waals surface area contributed by atoms with E-state index in [1.807, 2.05) is 6.07 Å². The van der Waals surface area contributed by atoms with Crippen molar-refractivity contribution in [2.24, 2.45) is 12.8 Å². The number of imidazole rings is 1. The highest BCUT2D eigenvalue weighted by Gasteiger charge is 2.30. The number of nitrogens with one attached hydrogen (secondary N) is 1. The first-order valence-corrected chi connectivity index (χ1v) is 11.6. The van der Waals surface area contributed by atoms with Gasteiger partial charge in [-0.15, -0.1) is 12.4 Å². The van der Waals surface area contributed by atoms with Gasteiger partial charge in [0.2, 0.25) is 0 Å². The number of nitrogens with zero attached hydrogens (tertiary/aromatic N) is 2. The molecule has 3 N–H and O–H groups in total. The molecule has 1 aromatic heterocycles. The Labute approximate surface area is 202 Å². The van der Waals surface area contributed by atoms with E-state index in [0.29, 0.717) is 17.7 Å². The topological polar surface area (TPSA) is 99.2 Å². The molecule has 1 unspecified atom stereocenters. The van der Waals surface area contributed by atoms with Crippen molar-refractivity contribution in [2.45, 2.75) is 23.5 Å². The number of aromatic nitrogens is 2. The van der Waals surface area contributed by atoms with Crippen LogP contribution >= 0.6 is 12.4 Å². The fourth-order valence-electron chi connectivity index (χ4n) is 3.30. The number of halogens is 4. The third-order valence-electron chi connectivity index (χ3n) is 4.97. The number of aryl methyl sites for hydroxylation is 1. The molecule has 3 rings (SSSR count). The Morgan fingerprint density at radius 2 is 1.91 bits per heavy atom. The van der Waals surface area contributed by atoms with Crippen molar-refractivity contribution in [2.75, 3.05) is 19.7 Å². The second-order valence-corrected chi connectivity index (χ2v) is 9.24. The van der Waals surface area contributed by atoms with Crippen molar-refractivity contribution in [3.8, 4) is 5.75 Å². The van der Waals surface area contributed by atoms with Gasteiger partial charge in [-0.05, 0) is 42.3 Å². The van der Waals surface area contributed by atoms with Crippen LogP contribution in [0, 0.1) is 0 Å². The summed E-state index contributed by atoms with van der Waals surface area (Å²) in [6.45, 7) is 0.355. The minimum atomic E-state index is -4.40. The number of nitrogens with two attached hydrogens (primary N) is 1. The van der Waals surface area contributed by atoms with Gasteiger partial charge in [0.1, 0.15) is 12.4 Å². The van der Waals surface area contributed by atoms with Gasteiger partial charge < -0.3 is 15.0 Å². The number of hydrogen-bond acceptors (Lipinski definition) is 5. The van der Waals surface area contributed by atoms with Gasteiger partial charge in [-0.25, -0.2) is 18.1 Å². The molecule has 1 heterocycles. The standard InChI is InChI=1S/C22H25F3N4O3S.ClH/c1-29-14-21(27-15-29)33(30,31)28-8-9-32-20-7-3-5-17(12-20)18(13-26)10-16-4-2-6-19(11-16)22(23,24)25;/h2-7,11-12,14-15,18,28H,8-10,13,26H2,1H3;1H. The highest BCUT2D eigenvalue weighted by atomic mass is 35.5. The summed E-state index contributed by atoms with van der Waals surface area (Å²) in [7, 11) is -2.06. The first kappa shape index (κ1) is 27.6. The lowest BCUT2D eigenvalue weighted by Crippen LogP contribution is -2.28. The van der Waals surface area contributed by atoms with Crippen molar-refractivity contribution < 1.29 is 26.3 Å². The van der Waals surface area contributed by atoms with Crippen molar-refractivity contribution >= 4 is 22.4 Å². The van der Waals surface area contributed by atoms with Gasteiger partial charge in [-0.2, -0.15) is 13.2 Å². The molecular formula is C22H26ClF3N4O3S. The molecule has 0 saturated heterocycles. The predicted octanol–water partition coefficient (Wildman–Crippen LogP) is 3.50. The molecule has 12 heteroatoms. The summed E-state index contributed by atoms with van der Waals surface area (Å²) in [5, 5.41) is -0.0765. The highest BCUT2D eigenvalue weighted by Crippen LogP contribution is 2.31. The molecule has 0 radical (unpaired) electrons. The summed E-state index contributed by atoms with van der Waals surface area (Å²) in [6, 6.07) is 12.3. The van der Waals surface area contributed by atoms with Crippen LogP contribution in [0.1, 0.15) is 22.6 Å². The maximum Gasteiger partial charge on any atom is 0.416 e. The Morgan fingerprint density at radius 3 is 2.56 bits per heavy atom. The molecule has 0 amide bonds. The zero-order valence-corrected chi connectivity index (χ0v) is 20.0.